The SMILES string of the molecule is CCc1ccc(CN)nc1.Cl.Cl. The van der Waals surface area contributed by atoms with Gasteiger partial charge in [0.2, 0.25) is 0 Å². The predicted octanol–water partition coefficient (Wildman–Crippen LogP) is 1.95. The summed E-state index contributed by atoms with van der Waals surface area (Å²) >= 11 is 0. The number of hydrogen-bond donors (Lipinski definition) is 1. The molecule has 2 N–H and O–H groups in total. The van der Waals surface area contributed by atoms with Crippen molar-refractivity contribution in [3.05, 3.63) is 29.6 Å². The third-order valence-corrected chi connectivity index (χ3v) is 1.50. The Balaban J connectivity index is 0. The molecule has 0 amide bonds. The van der Waals surface area contributed by atoms with Gasteiger partial charge in [-0.15, -0.1) is 24.8 Å². The van der Waals surface area contributed by atoms with E-state index in [1.54, 1.807) is 0 Å². The topological polar surface area (TPSA) is 38.9 Å². The van der Waals surface area contributed by atoms with E-state index in [4.69, 9.17) is 5.73 Å². The number of aryl methyl sites for hydroxylation is 1. The summed E-state index contributed by atoms with van der Waals surface area (Å²) in [6, 6.07) is 4.04. The quantitative estimate of drug-likeness (QED) is 0.808. The molecule has 0 radical (unpaired) electrons. The van der Waals surface area contributed by atoms with Crippen molar-refractivity contribution in [2.45, 2.75) is 19.9 Å². The van der Waals surface area contributed by atoms with Crippen LogP contribution in [0.5, 0.6) is 0 Å². The lowest BCUT2D eigenvalue weighted by Crippen LogP contribution is -1.98. The molecular formula is C8H14Cl2N2. The molecule has 0 fully saturated rings. The Morgan fingerprint density at radius 1 is 1.33 bits per heavy atom. The van der Waals surface area contributed by atoms with E-state index in [9.17, 15) is 0 Å². The molecule has 4 heteroatoms. The number of rotatable bonds is 2. The summed E-state index contributed by atoms with van der Waals surface area (Å²) in [6.45, 7) is 2.64. The van der Waals surface area contributed by atoms with Gasteiger partial charge in [-0.2, -0.15) is 0 Å². The minimum Gasteiger partial charge on any atom is -0.325 e. The lowest BCUT2D eigenvalue weighted by molar-refractivity contribution is 0.971. The first-order chi connectivity index (χ1) is 4.86. The second kappa shape index (κ2) is 7.35. The van der Waals surface area contributed by atoms with Crippen molar-refractivity contribution in [3.63, 3.8) is 0 Å². The van der Waals surface area contributed by atoms with E-state index in [1.807, 2.05) is 12.3 Å². The van der Waals surface area contributed by atoms with Crippen molar-refractivity contribution >= 4 is 24.8 Å². The Kier molecular flexibility index (Phi) is 8.71. The maximum Gasteiger partial charge on any atom is 0.0539 e. The molecule has 0 aliphatic rings. The van der Waals surface area contributed by atoms with Crippen LogP contribution in [0.2, 0.25) is 0 Å². The van der Waals surface area contributed by atoms with Gasteiger partial charge in [0.1, 0.15) is 0 Å². The van der Waals surface area contributed by atoms with Crippen molar-refractivity contribution < 1.29 is 0 Å². The lowest BCUT2D eigenvalue weighted by atomic mass is 10.2. The van der Waals surface area contributed by atoms with Crippen LogP contribution in [-0.4, -0.2) is 4.98 Å². The Morgan fingerprint density at radius 3 is 2.33 bits per heavy atom. The van der Waals surface area contributed by atoms with E-state index in [0.29, 0.717) is 6.54 Å². The zero-order valence-corrected chi connectivity index (χ0v) is 8.62. The maximum absolute atomic E-state index is 5.38. The molecular weight excluding hydrogens is 195 g/mol. The first-order valence-electron chi connectivity index (χ1n) is 3.50. The number of hydrogen-bond acceptors (Lipinski definition) is 2. The highest BCUT2D eigenvalue weighted by Gasteiger charge is 1.89. The van der Waals surface area contributed by atoms with Crippen LogP contribution in [0.3, 0.4) is 0 Å². The fourth-order valence-electron chi connectivity index (χ4n) is 0.785. The van der Waals surface area contributed by atoms with Crippen LogP contribution in [0.15, 0.2) is 18.3 Å². The number of aromatic nitrogens is 1. The van der Waals surface area contributed by atoms with Crippen LogP contribution in [0.1, 0.15) is 18.2 Å². The van der Waals surface area contributed by atoms with Crippen LogP contribution in [0.25, 0.3) is 0 Å². The van der Waals surface area contributed by atoms with Crippen LogP contribution >= 0.6 is 24.8 Å². The van der Waals surface area contributed by atoms with Gasteiger partial charge in [0.15, 0.2) is 0 Å². The summed E-state index contributed by atoms with van der Waals surface area (Å²) in [5, 5.41) is 0. The predicted molar refractivity (Wildman–Crippen MR) is 56.0 cm³/mol. The molecule has 0 bridgehead atoms. The van der Waals surface area contributed by atoms with E-state index in [1.165, 1.54) is 5.56 Å². The summed E-state index contributed by atoms with van der Waals surface area (Å²) in [7, 11) is 0. The molecule has 1 heterocycles. The molecule has 2 nitrogen and oxygen atoms in total. The van der Waals surface area contributed by atoms with Gasteiger partial charge < -0.3 is 5.73 Å². The van der Waals surface area contributed by atoms with Gasteiger partial charge in [-0.25, -0.2) is 0 Å². The first kappa shape index (κ1) is 14.2. The molecule has 0 aliphatic carbocycles. The van der Waals surface area contributed by atoms with Crippen molar-refractivity contribution in [1.29, 1.82) is 0 Å². The molecule has 0 atom stereocenters. The van der Waals surface area contributed by atoms with Crippen LogP contribution in [0, 0.1) is 0 Å². The minimum absolute atomic E-state index is 0. The van der Waals surface area contributed by atoms with Crippen LogP contribution < -0.4 is 5.73 Å². The Hall–Kier alpha value is -0.310. The number of pyridine rings is 1. The van der Waals surface area contributed by atoms with Crippen molar-refractivity contribution in [2.75, 3.05) is 0 Å². The third-order valence-electron chi connectivity index (χ3n) is 1.50. The highest BCUT2D eigenvalue weighted by molar-refractivity contribution is 5.85. The Morgan fingerprint density at radius 2 is 2.00 bits per heavy atom. The molecule has 0 saturated heterocycles. The smallest absolute Gasteiger partial charge is 0.0539 e. The fourth-order valence-corrected chi connectivity index (χ4v) is 0.785. The second-order valence-corrected chi connectivity index (χ2v) is 2.22. The highest BCUT2D eigenvalue weighted by atomic mass is 35.5. The first-order valence-corrected chi connectivity index (χ1v) is 3.50. The third kappa shape index (κ3) is 3.90. The average molecular weight is 209 g/mol. The van der Waals surface area contributed by atoms with Crippen LogP contribution in [0.4, 0.5) is 0 Å². The Labute approximate surface area is 85.4 Å². The summed E-state index contributed by atoms with van der Waals surface area (Å²) < 4.78 is 0. The van der Waals surface area contributed by atoms with Crippen molar-refractivity contribution in [1.82, 2.24) is 4.98 Å². The van der Waals surface area contributed by atoms with Gasteiger partial charge in [-0.3, -0.25) is 4.98 Å². The van der Waals surface area contributed by atoms with Gasteiger partial charge in [0, 0.05) is 12.7 Å². The number of halogens is 2. The number of nitrogens with zero attached hydrogens (tertiary/aromatic N) is 1. The normalized spacial score (nSPS) is 8.17. The van der Waals surface area contributed by atoms with Crippen LogP contribution in [-0.2, 0) is 13.0 Å². The summed E-state index contributed by atoms with van der Waals surface area (Å²) in [6.07, 6.45) is 2.92. The van der Waals surface area contributed by atoms with Crippen molar-refractivity contribution in [3.8, 4) is 0 Å². The van der Waals surface area contributed by atoms with E-state index >= 15 is 0 Å². The van der Waals surface area contributed by atoms with E-state index in [2.05, 4.69) is 18.0 Å². The van der Waals surface area contributed by atoms with E-state index < -0.39 is 0 Å². The molecule has 1 aromatic heterocycles. The van der Waals surface area contributed by atoms with Gasteiger partial charge in [-0.05, 0) is 18.1 Å². The summed E-state index contributed by atoms with van der Waals surface area (Å²) in [5.41, 5.74) is 7.60. The lowest BCUT2D eigenvalue weighted by Gasteiger charge is -1.96. The molecule has 1 rings (SSSR count). The van der Waals surface area contributed by atoms with Gasteiger partial charge in [-0.1, -0.05) is 13.0 Å². The van der Waals surface area contributed by atoms with E-state index in [0.717, 1.165) is 12.1 Å². The molecule has 0 aliphatic heterocycles. The Bertz CT molecular complexity index is 176. The molecule has 0 aromatic carbocycles. The van der Waals surface area contributed by atoms with E-state index in [-0.39, 0.29) is 24.8 Å². The molecule has 0 unspecified atom stereocenters. The zero-order valence-electron chi connectivity index (χ0n) is 6.99. The standard InChI is InChI=1S/C8H12N2.2ClH/c1-2-7-3-4-8(5-9)10-6-7;;/h3-4,6H,2,5,9H2,1H3;2*1H. The summed E-state index contributed by atoms with van der Waals surface area (Å²) in [5.74, 6) is 0. The maximum atomic E-state index is 5.38. The molecule has 12 heavy (non-hydrogen) atoms. The molecule has 1 aromatic rings. The second-order valence-electron chi connectivity index (χ2n) is 2.22. The van der Waals surface area contributed by atoms with Gasteiger partial charge in [0.05, 0.1) is 5.69 Å². The largest absolute Gasteiger partial charge is 0.325 e. The number of nitrogens with two attached hydrogens (primary N) is 1. The molecule has 0 saturated carbocycles. The van der Waals surface area contributed by atoms with Gasteiger partial charge in [0.25, 0.3) is 0 Å². The zero-order chi connectivity index (χ0) is 7.40. The monoisotopic (exact) mass is 208 g/mol. The fraction of sp³-hybridized carbons (Fsp3) is 0.375. The average Bonchev–Trinajstić information content (AvgIpc) is 2.05. The molecule has 70 valence electrons. The van der Waals surface area contributed by atoms with Gasteiger partial charge >= 0.3 is 0 Å². The summed E-state index contributed by atoms with van der Waals surface area (Å²) in [4.78, 5) is 4.14. The minimum atomic E-state index is 0. The van der Waals surface area contributed by atoms with Crippen molar-refractivity contribution in [2.24, 2.45) is 5.73 Å². The molecule has 0 spiro atoms. The highest BCUT2D eigenvalue weighted by Crippen LogP contribution is 1.99.